The van der Waals surface area contributed by atoms with Crippen LogP contribution in [0.1, 0.15) is 45.1 Å². The third kappa shape index (κ3) is 4.36. The van der Waals surface area contributed by atoms with Crippen molar-refractivity contribution < 1.29 is 14.3 Å². The summed E-state index contributed by atoms with van der Waals surface area (Å²) < 4.78 is 6.90. The minimum atomic E-state index is -0.742. The molecule has 0 saturated heterocycles. The van der Waals surface area contributed by atoms with Crippen LogP contribution in [0.5, 0.6) is 0 Å². The Morgan fingerprint density at radius 3 is 2.82 bits per heavy atom. The highest BCUT2D eigenvalue weighted by Gasteiger charge is 2.16. The Labute approximate surface area is 129 Å². The lowest BCUT2D eigenvalue weighted by atomic mass is 10.1. The smallest absolute Gasteiger partial charge is 0.319 e. The molecule has 22 heavy (non-hydrogen) atoms. The predicted octanol–water partition coefficient (Wildman–Crippen LogP) is 2.69. The standard InChI is InChI=1S/C15H22N4O3/c1-10(2)19-9-12(8-16-19)18-15(21)17-11(3)7-13(20)14-5-4-6-22-14/h4-6,8-11,13,20H,7H2,1-3H3,(H2,17,18,21)/t11-,13+/m0/s1. The number of hydrogen-bond donors (Lipinski definition) is 3. The van der Waals surface area contributed by atoms with Crippen molar-refractivity contribution in [3.63, 3.8) is 0 Å². The van der Waals surface area contributed by atoms with Gasteiger partial charge in [0, 0.05) is 24.7 Å². The molecule has 0 aliphatic carbocycles. The zero-order valence-corrected chi connectivity index (χ0v) is 13.0. The maximum absolute atomic E-state index is 11.9. The molecule has 0 saturated carbocycles. The van der Waals surface area contributed by atoms with Crippen molar-refractivity contribution in [2.24, 2.45) is 0 Å². The number of urea groups is 1. The number of amides is 2. The van der Waals surface area contributed by atoms with Crippen LogP contribution >= 0.6 is 0 Å². The van der Waals surface area contributed by atoms with Gasteiger partial charge >= 0.3 is 6.03 Å². The zero-order chi connectivity index (χ0) is 16.1. The van der Waals surface area contributed by atoms with E-state index in [0.717, 1.165) is 0 Å². The topological polar surface area (TPSA) is 92.3 Å². The van der Waals surface area contributed by atoms with Crippen molar-refractivity contribution in [2.45, 2.75) is 45.4 Å². The molecule has 120 valence electrons. The second kappa shape index (κ2) is 7.13. The van der Waals surface area contributed by atoms with E-state index in [1.165, 1.54) is 6.26 Å². The highest BCUT2D eigenvalue weighted by molar-refractivity contribution is 5.89. The summed E-state index contributed by atoms with van der Waals surface area (Å²) in [6.45, 7) is 5.84. The predicted molar refractivity (Wildman–Crippen MR) is 82.5 cm³/mol. The third-order valence-electron chi connectivity index (χ3n) is 3.21. The Bertz CT molecular complexity index is 592. The fourth-order valence-corrected chi connectivity index (χ4v) is 2.07. The van der Waals surface area contributed by atoms with Crippen molar-refractivity contribution in [1.82, 2.24) is 15.1 Å². The monoisotopic (exact) mass is 306 g/mol. The van der Waals surface area contributed by atoms with Crippen LogP contribution in [0.3, 0.4) is 0 Å². The van der Waals surface area contributed by atoms with Crippen molar-refractivity contribution in [1.29, 1.82) is 0 Å². The Hall–Kier alpha value is -2.28. The second-order valence-electron chi connectivity index (χ2n) is 5.57. The largest absolute Gasteiger partial charge is 0.467 e. The van der Waals surface area contributed by atoms with E-state index in [0.29, 0.717) is 17.9 Å². The van der Waals surface area contributed by atoms with Gasteiger partial charge in [-0.05, 0) is 32.9 Å². The van der Waals surface area contributed by atoms with Crippen LogP contribution in [0.4, 0.5) is 10.5 Å². The number of anilines is 1. The van der Waals surface area contributed by atoms with Crippen LogP contribution in [0.2, 0.25) is 0 Å². The summed E-state index contributed by atoms with van der Waals surface area (Å²) >= 11 is 0. The molecule has 2 aromatic heterocycles. The minimum Gasteiger partial charge on any atom is -0.467 e. The molecule has 3 N–H and O–H groups in total. The van der Waals surface area contributed by atoms with Gasteiger partial charge in [0.2, 0.25) is 0 Å². The summed E-state index contributed by atoms with van der Waals surface area (Å²) in [6, 6.07) is 3.12. The summed E-state index contributed by atoms with van der Waals surface area (Å²) in [4.78, 5) is 11.9. The van der Waals surface area contributed by atoms with E-state index in [-0.39, 0.29) is 18.1 Å². The lowest BCUT2D eigenvalue weighted by Crippen LogP contribution is -2.36. The van der Waals surface area contributed by atoms with E-state index in [1.807, 2.05) is 20.8 Å². The minimum absolute atomic E-state index is 0.208. The molecule has 2 atom stereocenters. The number of aliphatic hydroxyl groups is 1. The average molecular weight is 306 g/mol. The number of furan rings is 1. The zero-order valence-electron chi connectivity index (χ0n) is 13.0. The molecule has 2 heterocycles. The molecular formula is C15H22N4O3. The van der Waals surface area contributed by atoms with Crippen LogP contribution in [0.25, 0.3) is 0 Å². The van der Waals surface area contributed by atoms with Gasteiger partial charge in [0.1, 0.15) is 11.9 Å². The first kappa shape index (κ1) is 16.1. The van der Waals surface area contributed by atoms with E-state index < -0.39 is 6.10 Å². The number of aliphatic hydroxyl groups excluding tert-OH is 1. The number of rotatable bonds is 6. The number of nitrogens with one attached hydrogen (secondary N) is 2. The molecule has 7 nitrogen and oxygen atoms in total. The Morgan fingerprint density at radius 2 is 2.23 bits per heavy atom. The maximum atomic E-state index is 11.9. The van der Waals surface area contributed by atoms with Crippen molar-refractivity contribution in [3.05, 3.63) is 36.5 Å². The molecule has 0 aliphatic rings. The van der Waals surface area contributed by atoms with Crippen molar-refractivity contribution >= 4 is 11.7 Å². The fourth-order valence-electron chi connectivity index (χ4n) is 2.07. The molecule has 0 radical (unpaired) electrons. The summed E-state index contributed by atoms with van der Waals surface area (Å²) in [5, 5.41) is 19.6. The summed E-state index contributed by atoms with van der Waals surface area (Å²) in [7, 11) is 0. The molecule has 0 bridgehead atoms. The van der Waals surface area contributed by atoms with Crippen LogP contribution in [-0.4, -0.2) is 27.0 Å². The first-order valence-electron chi connectivity index (χ1n) is 7.29. The first-order valence-corrected chi connectivity index (χ1v) is 7.29. The number of nitrogens with zero attached hydrogens (tertiary/aromatic N) is 2. The molecule has 2 amide bonds. The second-order valence-corrected chi connectivity index (χ2v) is 5.57. The SMILES string of the molecule is CC(C)n1cc(NC(=O)N[C@@H](C)C[C@@H](O)c2ccco2)cn1. The summed E-state index contributed by atoms with van der Waals surface area (Å²) in [5.74, 6) is 0.493. The normalized spacial score (nSPS) is 13.9. The molecule has 0 spiro atoms. The maximum Gasteiger partial charge on any atom is 0.319 e. The van der Waals surface area contributed by atoms with Gasteiger partial charge in [-0.1, -0.05) is 0 Å². The van der Waals surface area contributed by atoms with Crippen molar-refractivity contribution in [3.8, 4) is 0 Å². The van der Waals surface area contributed by atoms with Gasteiger partial charge < -0.3 is 20.2 Å². The van der Waals surface area contributed by atoms with Gasteiger partial charge in [-0.2, -0.15) is 5.10 Å². The van der Waals surface area contributed by atoms with Gasteiger partial charge in [-0.3, -0.25) is 4.68 Å². The third-order valence-corrected chi connectivity index (χ3v) is 3.21. The van der Waals surface area contributed by atoms with Crippen LogP contribution in [0, 0.1) is 0 Å². The summed E-state index contributed by atoms with van der Waals surface area (Å²) in [6.07, 6.45) is 4.50. The van der Waals surface area contributed by atoms with Crippen LogP contribution in [0.15, 0.2) is 35.2 Å². The lowest BCUT2D eigenvalue weighted by molar-refractivity contribution is 0.130. The molecule has 0 fully saturated rings. The molecule has 2 aromatic rings. The quantitative estimate of drug-likeness (QED) is 0.765. The molecular weight excluding hydrogens is 284 g/mol. The lowest BCUT2D eigenvalue weighted by Gasteiger charge is -2.16. The van der Waals surface area contributed by atoms with Gasteiger partial charge in [-0.15, -0.1) is 0 Å². The van der Waals surface area contributed by atoms with Crippen molar-refractivity contribution in [2.75, 3.05) is 5.32 Å². The average Bonchev–Trinajstić information content (AvgIpc) is 3.08. The Kier molecular flexibility index (Phi) is 5.21. The Balaban J connectivity index is 1.80. The van der Waals surface area contributed by atoms with E-state index in [1.54, 1.807) is 29.2 Å². The highest BCUT2D eigenvalue weighted by Crippen LogP contribution is 2.18. The van der Waals surface area contributed by atoms with Gasteiger partial charge in [0.25, 0.3) is 0 Å². The molecule has 0 unspecified atom stereocenters. The van der Waals surface area contributed by atoms with Crippen LogP contribution in [-0.2, 0) is 0 Å². The van der Waals surface area contributed by atoms with Crippen LogP contribution < -0.4 is 10.6 Å². The van der Waals surface area contributed by atoms with E-state index in [2.05, 4.69) is 15.7 Å². The summed E-state index contributed by atoms with van der Waals surface area (Å²) in [5.41, 5.74) is 0.630. The van der Waals surface area contributed by atoms with Gasteiger partial charge in [0.05, 0.1) is 18.1 Å². The van der Waals surface area contributed by atoms with E-state index in [9.17, 15) is 9.90 Å². The molecule has 0 aromatic carbocycles. The fraction of sp³-hybridized carbons (Fsp3) is 0.467. The highest BCUT2D eigenvalue weighted by atomic mass is 16.4. The van der Waals surface area contributed by atoms with Gasteiger partial charge in [0.15, 0.2) is 0 Å². The number of carbonyl (C=O) groups is 1. The number of carbonyl (C=O) groups excluding carboxylic acids is 1. The molecule has 0 aliphatic heterocycles. The molecule has 7 heteroatoms. The molecule has 2 rings (SSSR count). The Morgan fingerprint density at radius 1 is 1.45 bits per heavy atom. The van der Waals surface area contributed by atoms with Gasteiger partial charge in [-0.25, -0.2) is 4.79 Å². The van der Waals surface area contributed by atoms with E-state index in [4.69, 9.17) is 4.42 Å². The first-order chi connectivity index (χ1) is 10.5. The number of hydrogen-bond acceptors (Lipinski definition) is 4. The number of aromatic nitrogens is 2. The van der Waals surface area contributed by atoms with E-state index >= 15 is 0 Å².